The van der Waals surface area contributed by atoms with E-state index in [0.29, 0.717) is 22.5 Å². The minimum absolute atomic E-state index is 0.133. The molecule has 0 aliphatic rings. The van der Waals surface area contributed by atoms with Crippen LogP contribution in [0.1, 0.15) is 10.5 Å². The third-order valence-electron chi connectivity index (χ3n) is 3.27. The first kappa shape index (κ1) is 14.8. The quantitative estimate of drug-likeness (QED) is 0.802. The maximum absolute atomic E-state index is 12.5. The minimum atomic E-state index is -0.395. The van der Waals surface area contributed by atoms with E-state index in [-0.39, 0.29) is 11.6 Å². The summed E-state index contributed by atoms with van der Waals surface area (Å²) in [6, 6.07) is 14.4. The average molecular weight is 309 g/mol. The van der Waals surface area contributed by atoms with Gasteiger partial charge in [0.15, 0.2) is 5.69 Å². The highest BCUT2D eigenvalue weighted by Gasteiger charge is 2.17. The lowest BCUT2D eigenvalue weighted by Crippen LogP contribution is -2.16. The largest absolute Gasteiger partial charge is 0.497 e. The molecule has 0 saturated heterocycles. The molecule has 6 nitrogen and oxygen atoms in total. The van der Waals surface area contributed by atoms with E-state index in [1.165, 1.54) is 7.11 Å². The number of aromatic nitrogens is 2. The van der Waals surface area contributed by atoms with Crippen molar-refractivity contribution < 1.29 is 14.3 Å². The van der Waals surface area contributed by atoms with Crippen LogP contribution in [0.2, 0.25) is 0 Å². The zero-order chi connectivity index (χ0) is 16.2. The Morgan fingerprint density at radius 1 is 0.957 bits per heavy atom. The first-order valence-corrected chi connectivity index (χ1v) is 6.97. The number of methoxy groups -OCH3 is 2. The molecule has 1 N–H and O–H groups in total. The Hall–Kier alpha value is -3.15. The van der Waals surface area contributed by atoms with Crippen LogP contribution in [0.3, 0.4) is 0 Å². The molecule has 116 valence electrons. The van der Waals surface area contributed by atoms with Crippen molar-refractivity contribution in [3.63, 3.8) is 0 Å². The predicted octanol–water partition coefficient (Wildman–Crippen LogP) is 2.90. The molecule has 0 radical (unpaired) electrons. The number of benzene rings is 2. The number of anilines is 1. The number of nitrogens with one attached hydrogen (secondary N) is 1. The van der Waals surface area contributed by atoms with E-state index >= 15 is 0 Å². The van der Waals surface area contributed by atoms with Gasteiger partial charge in [0.05, 0.1) is 25.3 Å². The molecule has 0 unspecified atom stereocenters. The number of rotatable bonds is 4. The second-order valence-corrected chi connectivity index (χ2v) is 4.76. The van der Waals surface area contributed by atoms with Gasteiger partial charge in [0.25, 0.3) is 5.91 Å². The summed E-state index contributed by atoms with van der Waals surface area (Å²) in [5, 5.41) is 2.77. The number of nitrogens with zero attached hydrogens (tertiary/aromatic N) is 2. The Morgan fingerprint density at radius 2 is 1.70 bits per heavy atom. The van der Waals surface area contributed by atoms with Gasteiger partial charge in [-0.25, -0.2) is 9.97 Å². The van der Waals surface area contributed by atoms with Crippen molar-refractivity contribution in [3.8, 4) is 11.6 Å². The molecule has 1 aromatic heterocycles. The van der Waals surface area contributed by atoms with Crippen molar-refractivity contribution in [3.05, 3.63) is 54.2 Å². The fourth-order valence-corrected chi connectivity index (χ4v) is 2.17. The third-order valence-corrected chi connectivity index (χ3v) is 3.27. The predicted molar refractivity (Wildman–Crippen MR) is 87.0 cm³/mol. The first-order chi connectivity index (χ1) is 11.2. The van der Waals surface area contributed by atoms with Crippen LogP contribution < -0.4 is 14.8 Å². The fourth-order valence-electron chi connectivity index (χ4n) is 2.17. The van der Waals surface area contributed by atoms with Crippen LogP contribution in [0.25, 0.3) is 11.0 Å². The van der Waals surface area contributed by atoms with E-state index < -0.39 is 5.91 Å². The lowest BCUT2D eigenvalue weighted by molar-refractivity contribution is 0.101. The van der Waals surface area contributed by atoms with Crippen LogP contribution >= 0.6 is 0 Å². The molecular formula is C17H15N3O3. The van der Waals surface area contributed by atoms with E-state index in [0.717, 1.165) is 0 Å². The van der Waals surface area contributed by atoms with Crippen molar-refractivity contribution >= 4 is 22.6 Å². The summed E-state index contributed by atoms with van der Waals surface area (Å²) in [7, 11) is 3.03. The van der Waals surface area contributed by atoms with Crippen LogP contribution in [0.15, 0.2) is 48.5 Å². The maximum Gasteiger partial charge on any atom is 0.279 e. The number of carbonyl (C=O) groups is 1. The number of para-hydroxylation sites is 2. The summed E-state index contributed by atoms with van der Waals surface area (Å²) >= 11 is 0. The van der Waals surface area contributed by atoms with Crippen molar-refractivity contribution in [2.45, 2.75) is 0 Å². The highest BCUT2D eigenvalue weighted by Crippen LogP contribution is 2.21. The lowest BCUT2D eigenvalue weighted by Gasteiger charge is -2.10. The summed E-state index contributed by atoms with van der Waals surface area (Å²) in [6.07, 6.45) is 0. The Bertz CT molecular complexity index is 865. The van der Waals surface area contributed by atoms with Crippen molar-refractivity contribution in [1.29, 1.82) is 0 Å². The van der Waals surface area contributed by atoms with E-state index in [4.69, 9.17) is 9.47 Å². The van der Waals surface area contributed by atoms with E-state index in [2.05, 4.69) is 15.3 Å². The number of fused-ring (bicyclic) bond motifs is 1. The van der Waals surface area contributed by atoms with Gasteiger partial charge in [0.2, 0.25) is 5.88 Å². The van der Waals surface area contributed by atoms with Crippen LogP contribution in [-0.4, -0.2) is 30.1 Å². The SMILES string of the molecule is COc1cccc(NC(=O)c2nc3ccccc3nc2OC)c1. The zero-order valence-electron chi connectivity index (χ0n) is 12.7. The second-order valence-electron chi connectivity index (χ2n) is 4.76. The Morgan fingerprint density at radius 3 is 2.39 bits per heavy atom. The van der Waals surface area contributed by atoms with Crippen molar-refractivity contribution in [1.82, 2.24) is 9.97 Å². The molecule has 0 spiro atoms. The van der Waals surface area contributed by atoms with Gasteiger partial charge in [0.1, 0.15) is 5.75 Å². The smallest absolute Gasteiger partial charge is 0.279 e. The Balaban J connectivity index is 1.96. The second kappa shape index (κ2) is 6.31. The van der Waals surface area contributed by atoms with Gasteiger partial charge in [0, 0.05) is 11.8 Å². The Labute approximate surface area is 133 Å². The number of hydrogen-bond acceptors (Lipinski definition) is 5. The number of amides is 1. The van der Waals surface area contributed by atoms with Gasteiger partial charge in [-0.2, -0.15) is 0 Å². The van der Waals surface area contributed by atoms with E-state index in [1.54, 1.807) is 37.4 Å². The van der Waals surface area contributed by atoms with Gasteiger partial charge in [-0.3, -0.25) is 4.79 Å². The number of hydrogen-bond donors (Lipinski definition) is 1. The summed E-state index contributed by atoms with van der Waals surface area (Å²) in [6.45, 7) is 0. The fraction of sp³-hybridized carbons (Fsp3) is 0.118. The molecule has 1 heterocycles. The number of ether oxygens (including phenoxy) is 2. The summed E-state index contributed by atoms with van der Waals surface area (Å²) in [4.78, 5) is 21.2. The van der Waals surface area contributed by atoms with Crippen LogP contribution in [0, 0.1) is 0 Å². The third kappa shape index (κ3) is 3.06. The molecule has 0 fully saturated rings. The normalized spacial score (nSPS) is 10.3. The van der Waals surface area contributed by atoms with Gasteiger partial charge in [-0.15, -0.1) is 0 Å². The highest BCUT2D eigenvalue weighted by molar-refractivity contribution is 6.05. The average Bonchev–Trinajstić information content (AvgIpc) is 2.60. The molecule has 6 heteroatoms. The summed E-state index contributed by atoms with van der Waals surface area (Å²) in [5.74, 6) is 0.441. The lowest BCUT2D eigenvalue weighted by atomic mass is 10.2. The van der Waals surface area contributed by atoms with Gasteiger partial charge in [-0.1, -0.05) is 18.2 Å². The maximum atomic E-state index is 12.5. The topological polar surface area (TPSA) is 73.3 Å². The van der Waals surface area contributed by atoms with Crippen molar-refractivity contribution in [2.75, 3.05) is 19.5 Å². The zero-order valence-corrected chi connectivity index (χ0v) is 12.7. The molecule has 1 amide bonds. The van der Waals surface area contributed by atoms with Gasteiger partial charge in [-0.05, 0) is 24.3 Å². The van der Waals surface area contributed by atoms with Gasteiger partial charge < -0.3 is 14.8 Å². The molecule has 23 heavy (non-hydrogen) atoms. The Kier molecular flexibility index (Phi) is 4.05. The molecule has 3 rings (SSSR count). The standard InChI is InChI=1S/C17H15N3O3/c1-22-12-7-5-6-11(10-12)18-16(21)15-17(23-2)20-14-9-4-3-8-13(14)19-15/h3-10H,1-2H3,(H,18,21). The molecule has 0 bridgehead atoms. The van der Waals surface area contributed by atoms with Crippen molar-refractivity contribution in [2.24, 2.45) is 0 Å². The molecule has 3 aromatic rings. The number of carbonyl (C=O) groups excluding carboxylic acids is 1. The monoisotopic (exact) mass is 309 g/mol. The van der Waals surface area contributed by atoms with Crippen LogP contribution in [-0.2, 0) is 0 Å². The molecule has 2 aromatic carbocycles. The van der Waals surface area contributed by atoms with E-state index in [9.17, 15) is 4.79 Å². The molecule has 0 aliphatic heterocycles. The highest BCUT2D eigenvalue weighted by atomic mass is 16.5. The first-order valence-electron chi connectivity index (χ1n) is 6.97. The summed E-state index contributed by atoms with van der Waals surface area (Å²) < 4.78 is 10.3. The molecular weight excluding hydrogens is 294 g/mol. The molecule has 0 saturated carbocycles. The molecule has 0 atom stereocenters. The van der Waals surface area contributed by atoms with E-state index in [1.807, 2.05) is 18.2 Å². The molecule has 0 aliphatic carbocycles. The van der Waals surface area contributed by atoms with Crippen LogP contribution in [0.5, 0.6) is 11.6 Å². The minimum Gasteiger partial charge on any atom is -0.497 e. The van der Waals surface area contributed by atoms with Gasteiger partial charge >= 0.3 is 0 Å². The summed E-state index contributed by atoms with van der Waals surface area (Å²) in [5.41, 5.74) is 2.03. The van der Waals surface area contributed by atoms with Crippen LogP contribution in [0.4, 0.5) is 5.69 Å².